The highest BCUT2D eigenvalue weighted by Crippen LogP contribution is 2.23. The number of benzene rings is 2. The Kier molecular flexibility index (Phi) is 5.18. The number of aryl methyl sites for hydroxylation is 2. The van der Waals surface area contributed by atoms with E-state index in [0.717, 1.165) is 14.7 Å². The number of hydrogen-bond donors (Lipinski definition) is 1. The Hall–Kier alpha value is -1.89. The number of hydrogen-bond acceptors (Lipinski definition) is 3. The lowest BCUT2D eigenvalue weighted by molar-refractivity contribution is 0.0602. The number of carbonyl (C=O) groups excluding carboxylic acids is 2. The maximum absolute atomic E-state index is 12.4. The third-order valence-corrected chi connectivity index (χ3v) is 4.55. The topological polar surface area (TPSA) is 55.4 Å². The molecular weight excluding hydrogens is 393 g/mol. The number of anilines is 1. The van der Waals surface area contributed by atoms with Gasteiger partial charge in [-0.3, -0.25) is 4.79 Å². The first-order valence-electron chi connectivity index (χ1n) is 6.69. The van der Waals surface area contributed by atoms with Crippen molar-refractivity contribution in [3.8, 4) is 0 Å². The summed E-state index contributed by atoms with van der Waals surface area (Å²) < 4.78 is 5.86. The van der Waals surface area contributed by atoms with Crippen molar-refractivity contribution in [2.75, 3.05) is 12.4 Å². The van der Waals surface area contributed by atoms with E-state index in [1.54, 1.807) is 18.2 Å². The number of amides is 1. The first-order chi connectivity index (χ1) is 10.4. The molecule has 0 saturated heterocycles. The van der Waals surface area contributed by atoms with Crippen molar-refractivity contribution >= 4 is 40.2 Å². The second-order valence-electron chi connectivity index (χ2n) is 4.91. The molecule has 1 amide bonds. The zero-order chi connectivity index (χ0) is 16.3. The van der Waals surface area contributed by atoms with Crippen molar-refractivity contribution in [3.63, 3.8) is 0 Å². The predicted molar refractivity (Wildman–Crippen MR) is 94.4 cm³/mol. The van der Waals surface area contributed by atoms with E-state index in [-0.39, 0.29) is 5.91 Å². The lowest BCUT2D eigenvalue weighted by Gasteiger charge is -2.13. The van der Waals surface area contributed by atoms with Gasteiger partial charge in [0.05, 0.1) is 18.4 Å². The molecular formula is C17H16INO3. The molecule has 0 atom stereocenters. The van der Waals surface area contributed by atoms with Gasteiger partial charge in [-0.2, -0.15) is 0 Å². The molecule has 1 N–H and O–H groups in total. The Labute approximate surface area is 143 Å². The van der Waals surface area contributed by atoms with Crippen LogP contribution in [0.2, 0.25) is 0 Å². The number of para-hydroxylation sites is 1. The number of carbonyl (C=O) groups is 2. The summed E-state index contributed by atoms with van der Waals surface area (Å²) in [5.74, 6) is -0.725. The molecule has 0 aliphatic carbocycles. The molecule has 0 heterocycles. The first-order valence-corrected chi connectivity index (χ1v) is 7.77. The van der Waals surface area contributed by atoms with Crippen molar-refractivity contribution in [1.82, 2.24) is 0 Å². The van der Waals surface area contributed by atoms with Crippen LogP contribution in [0.15, 0.2) is 36.4 Å². The molecule has 0 bridgehead atoms. The second-order valence-corrected chi connectivity index (χ2v) is 6.07. The van der Waals surface area contributed by atoms with E-state index in [0.29, 0.717) is 16.8 Å². The minimum atomic E-state index is -0.474. The Balaban J connectivity index is 2.36. The van der Waals surface area contributed by atoms with Crippen LogP contribution >= 0.6 is 22.6 Å². The third kappa shape index (κ3) is 3.47. The molecule has 22 heavy (non-hydrogen) atoms. The van der Waals surface area contributed by atoms with Crippen molar-refractivity contribution in [2.24, 2.45) is 0 Å². The minimum Gasteiger partial charge on any atom is -0.465 e. The number of halogens is 1. The summed E-state index contributed by atoms with van der Waals surface area (Å²) in [6, 6.07) is 10.7. The monoisotopic (exact) mass is 409 g/mol. The second kappa shape index (κ2) is 6.91. The van der Waals surface area contributed by atoms with E-state index < -0.39 is 5.97 Å². The van der Waals surface area contributed by atoms with Gasteiger partial charge in [-0.05, 0) is 71.8 Å². The van der Waals surface area contributed by atoms with E-state index in [1.807, 2.05) is 32.0 Å². The van der Waals surface area contributed by atoms with Gasteiger partial charge in [-0.1, -0.05) is 12.1 Å². The Morgan fingerprint density at radius 3 is 2.45 bits per heavy atom. The van der Waals surface area contributed by atoms with Crippen LogP contribution in [-0.4, -0.2) is 19.0 Å². The molecule has 5 heteroatoms. The molecule has 0 unspecified atom stereocenters. The van der Waals surface area contributed by atoms with Gasteiger partial charge in [-0.15, -0.1) is 0 Å². The normalized spacial score (nSPS) is 10.2. The molecule has 2 rings (SSSR count). The van der Waals surface area contributed by atoms with Crippen molar-refractivity contribution < 1.29 is 14.3 Å². The van der Waals surface area contributed by atoms with Crippen LogP contribution in [0.25, 0.3) is 0 Å². The van der Waals surface area contributed by atoms with Gasteiger partial charge < -0.3 is 10.1 Å². The lowest BCUT2D eigenvalue weighted by Crippen LogP contribution is -2.16. The fourth-order valence-electron chi connectivity index (χ4n) is 2.09. The van der Waals surface area contributed by atoms with Gasteiger partial charge >= 0.3 is 5.97 Å². The van der Waals surface area contributed by atoms with Crippen molar-refractivity contribution in [2.45, 2.75) is 13.8 Å². The Bertz CT molecular complexity index is 741. The minimum absolute atomic E-state index is 0.251. The van der Waals surface area contributed by atoms with Crippen LogP contribution in [0.5, 0.6) is 0 Å². The number of methoxy groups -OCH3 is 1. The maximum Gasteiger partial charge on any atom is 0.339 e. The fourth-order valence-corrected chi connectivity index (χ4v) is 2.42. The predicted octanol–water partition coefficient (Wildman–Crippen LogP) is 3.95. The highest BCUT2D eigenvalue weighted by Gasteiger charge is 2.16. The smallest absolute Gasteiger partial charge is 0.339 e. The maximum atomic E-state index is 12.4. The molecule has 114 valence electrons. The van der Waals surface area contributed by atoms with Gasteiger partial charge in [0.25, 0.3) is 5.91 Å². The Morgan fingerprint density at radius 1 is 1.09 bits per heavy atom. The highest BCUT2D eigenvalue weighted by atomic mass is 127. The molecule has 0 aliphatic rings. The summed E-state index contributed by atoms with van der Waals surface area (Å²) in [4.78, 5) is 24.3. The van der Waals surface area contributed by atoms with Gasteiger partial charge in [0.1, 0.15) is 0 Å². The van der Waals surface area contributed by atoms with Crippen LogP contribution in [0.3, 0.4) is 0 Å². The zero-order valence-corrected chi connectivity index (χ0v) is 14.7. The molecule has 4 nitrogen and oxygen atoms in total. The van der Waals surface area contributed by atoms with Crippen LogP contribution < -0.4 is 5.32 Å². The molecule has 0 saturated carbocycles. The van der Waals surface area contributed by atoms with E-state index in [4.69, 9.17) is 4.74 Å². The third-order valence-electron chi connectivity index (χ3n) is 3.34. The largest absolute Gasteiger partial charge is 0.465 e. The van der Waals surface area contributed by atoms with E-state index in [1.165, 1.54) is 7.11 Å². The molecule has 0 spiro atoms. The van der Waals surface area contributed by atoms with E-state index in [2.05, 4.69) is 27.9 Å². The molecule has 0 radical (unpaired) electrons. The van der Waals surface area contributed by atoms with Crippen LogP contribution in [-0.2, 0) is 4.74 Å². The summed E-state index contributed by atoms with van der Waals surface area (Å²) in [6.07, 6.45) is 0. The number of ether oxygens (including phenoxy) is 1. The highest BCUT2D eigenvalue weighted by molar-refractivity contribution is 14.1. The van der Waals surface area contributed by atoms with Gasteiger partial charge in [0, 0.05) is 9.13 Å². The first kappa shape index (κ1) is 16.5. The molecule has 0 aliphatic heterocycles. The summed E-state index contributed by atoms with van der Waals surface area (Å²) in [6.45, 7) is 3.79. The standard InChI is InChI=1S/C17H16INO3/c1-10-5-4-6-13(17(21)22-3)15(10)19-16(20)12-7-8-14(18)11(2)9-12/h4-9H,1-3H3,(H,19,20). The van der Waals surface area contributed by atoms with Crippen LogP contribution in [0.1, 0.15) is 31.8 Å². The molecule has 2 aromatic rings. The molecule has 0 aromatic heterocycles. The fraction of sp³-hybridized carbons (Fsp3) is 0.176. The SMILES string of the molecule is COC(=O)c1cccc(C)c1NC(=O)c1ccc(I)c(C)c1. The van der Waals surface area contributed by atoms with Crippen molar-refractivity contribution in [1.29, 1.82) is 0 Å². The van der Waals surface area contributed by atoms with Crippen LogP contribution in [0.4, 0.5) is 5.69 Å². The quantitative estimate of drug-likeness (QED) is 0.617. The van der Waals surface area contributed by atoms with Gasteiger partial charge in [0.15, 0.2) is 0 Å². The summed E-state index contributed by atoms with van der Waals surface area (Å²) in [5, 5.41) is 2.81. The number of rotatable bonds is 3. The van der Waals surface area contributed by atoms with E-state index >= 15 is 0 Å². The number of esters is 1. The Morgan fingerprint density at radius 2 is 1.82 bits per heavy atom. The number of nitrogens with one attached hydrogen (secondary N) is 1. The zero-order valence-electron chi connectivity index (χ0n) is 12.6. The molecule has 2 aromatic carbocycles. The lowest BCUT2D eigenvalue weighted by atomic mass is 10.1. The molecule has 0 fully saturated rings. The average molecular weight is 409 g/mol. The van der Waals surface area contributed by atoms with Crippen molar-refractivity contribution in [3.05, 3.63) is 62.2 Å². The summed E-state index contributed by atoms with van der Waals surface area (Å²) in [7, 11) is 1.32. The average Bonchev–Trinajstić information content (AvgIpc) is 2.51. The van der Waals surface area contributed by atoms with Gasteiger partial charge in [0.2, 0.25) is 0 Å². The summed E-state index contributed by atoms with van der Waals surface area (Å²) >= 11 is 2.22. The van der Waals surface area contributed by atoms with E-state index in [9.17, 15) is 9.59 Å². The van der Waals surface area contributed by atoms with Crippen LogP contribution in [0, 0.1) is 17.4 Å². The summed E-state index contributed by atoms with van der Waals surface area (Å²) in [5.41, 5.74) is 3.22. The van der Waals surface area contributed by atoms with Gasteiger partial charge in [-0.25, -0.2) is 4.79 Å².